The molecule has 0 atom stereocenters. The van der Waals surface area contributed by atoms with Crippen LogP contribution >= 0.6 is 0 Å². The minimum absolute atomic E-state index is 0.00852. The average Bonchev–Trinajstić information content (AvgIpc) is 2.73. The van der Waals surface area contributed by atoms with Crippen molar-refractivity contribution < 1.29 is 14.3 Å². The molecule has 0 unspecified atom stereocenters. The molecule has 1 aliphatic rings. The number of ketones is 1. The van der Waals surface area contributed by atoms with Crippen molar-refractivity contribution in [1.29, 1.82) is 0 Å². The van der Waals surface area contributed by atoms with E-state index in [-0.39, 0.29) is 11.7 Å². The van der Waals surface area contributed by atoms with Gasteiger partial charge in [-0.25, -0.2) is 0 Å². The SMILES string of the molecule is COc1cccc(N2CCN(CCC(=O)Nc3ccc(C(C)=O)cc3)CC2)c1. The Kier molecular flexibility index (Phi) is 6.66. The largest absolute Gasteiger partial charge is 0.497 e. The number of nitrogens with zero attached hydrogens (tertiary/aromatic N) is 2. The van der Waals surface area contributed by atoms with E-state index in [0.717, 1.165) is 44.2 Å². The highest BCUT2D eigenvalue weighted by molar-refractivity contribution is 5.95. The lowest BCUT2D eigenvalue weighted by atomic mass is 10.1. The standard InChI is InChI=1S/C22H27N3O3/c1-17(26)18-6-8-19(9-7-18)23-22(27)10-11-24-12-14-25(15-13-24)20-4-3-5-21(16-20)28-2/h3-9,16H,10-15H2,1-2H3,(H,23,27). The van der Waals surface area contributed by atoms with Crippen molar-refractivity contribution in [3.05, 3.63) is 54.1 Å². The maximum atomic E-state index is 12.2. The Balaban J connectivity index is 1.42. The first-order chi connectivity index (χ1) is 13.5. The number of piperazine rings is 1. The minimum Gasteiger partial charge on any atom is -0.497 e. The third-order valence-electron chi connectivity index (χ3n) is 5.02. The Morgan fingerprint density at radius 2 is 1.75 bits per heavy atom. The predicted octanol–water partition coefficient (Wildman–Crippen LogP) is 3.05. The monoisotopic (exact) mass is 381 g/mol. The Hall–Kier alpha value is -2.86. The molecule has 1 fully saturated rings. The van der Waals surface area contributed by atoms with Gasteiger partial charge in [0.15, 0.2) is 5.78 Å². The summed E-state index contributed by atoms with van der Waals surface area (Å²) in [7, 11) is 1.68. The number of anilines is 2. The van der Waals surface area contributed by atoms with Gasteiger partial charge >= 0.3 is 0 Å². The van der Waals surface area contributed by atoms with Gasteiger partial charge in [0.1, 0.15) is 5.75 Å². The van der Waals surface area contributed by atoms with Crippen LogP contribution in [0, 0.1) is 0 Å². The van der Waals surface area contributed by atoms with Crippen LogP contribution < -0.4 is 15.0 Å². The zero-order valence-electron chi connectivity index (χ0n) is 16.5. The second kappa shape index (κ2) is 9.37. The maximum Gasteiger partial charge on any atom is 0.225 e. The lowest BCUT2D eigenvalue weighted by molar-refractivity contribution is -0.116. The molecular formula is C22H27N3O3. The normalized spacial score (nSPS) is 14.6. The molecule has 0 spiro atoms. The highest BCUT2D eigenvalue weighted by Crippen LogP contribution is 2.22. The number of carbonyl (C=O) groups excluding carboxylic acids is 2. The van der Waals surface area contributed by atoms with Crippen molar-refractivity contribution in [2.75, 3.05) is 50.1 Å². The van der Waals surface area contributed by atoms with Gasteiger partial charge in [0.25, 0.3) is 0 Å². The van der Waals surface area contributed by atoms with Gasteiger partial charge in [-0.1, -0.05) is 6.07 Å². The molecule has 0 bridgehead atoms. The summed E-state index contributed by atoms with van der Waals surface area (Å²) in [5.41, 5.74) is 2.54. The van der Waals surface area contributed by atoms with Gasteiger partial charge in [-0.15, -0.1) is 0 Å². The molecule has 148 valence electrons. The Labute approximate surface area is 166 Å². The fourth-order valence-electron chi connectivity index (χ4n) is 3.31. The zero-order chi connectivity index (χ0) is 19.9. The molecule has 2 aromatic rings. The van der Waals surface area contributed by atoms with E-state index in [1.807, 2.05) is 12.1 Å². The molecule has 0 saturated carbocycles. The maximum absolute atomic E-state index is 12.2. The van der Waals surface area contributed by atoms with Crippen LogP contribution in [0.4, 0.5) is 11.4 Å². The number of hydrogen-bond donors (Lipinski definition) is 1. The van der Waals surface area contributed by atoms with Crippen molar-refractivity contribution in [2.24, 2.45) is 0 Å². The summed E-state index contributed by atoms with van der Waals surface area (Å²) < 4.78 is 5.30. The Morgan fingerprint density at radius 3 is 2.39 bits per heavy atom. The van der Waals surface area contributed by atoms with Gasteiger partial charge in [0.2, 0.25) is 5.91 Å². The number of carbonyl (C=O) groups is 2. The molecule has 1 N–H and O–H groups in total. The first-order valence-electron chi connectivity index (χ1n) is 9.57. The molecule has 1 aliphatic heterocycles. The topological polar surface area (TPSA) is 61.9 Å². The van der Waals surface area contributed by atoms with Crippen LogP contribution in [0.15, 0.2) is 48.5 Å². The molecule has 6 heteroatoms. The van der Waals surface area contributed by atoms with E-state index in [9.17, 15) is 9.59 Å². The average molecular weight is 381 g/mol. The quantitative estimate of drug-likeness (QED) is 0.747. The van der Waals surface area contributed by atoms with Crippen molar-refractivity contribution in [2.45, 2.75) is 13.3 Å². The van der Waals surface area contributed by atoms with Crippen LogP contribution in [0.25, 0.3) is 0 Å². The first kappa shape index (κ1) is 19.9. The fourth-order valence-corrected chi connectivity index (χ4v) is 3.31. The number of amides is 1. The molecule has 28 heavy (non-hydrogen) atoms. The van der Waals surface area contributed by atoms with Crippen LogP contribution in [0.3, 0.4) is 0 Å². The van der Waals surface area contributed by atoms with Crippen LogP contribution in [-0.4, -0.2) is 56.4 Å². The summed E-state index contributed by atoms with van der Waals surface area (Å²) in [5.74, 6) is 0.879. The van der Waals surface area contributed by atoms with Crippen molar-refractivity contribution >= 4 is 23.1 Å². The predicted molar refractivity (Wildman–Crippen MR) is 111 cm³/mol. The fraction of sp³-hybridized carbons (Fsp3) is 0.364. The molecule has 1 saturated heterocycles. The number of nitrogens with one attached hydrogen (secondary N) is 1. The van der Waals surface area contributed by atoms with Crippen molar-refractivity contribution in [1.82, 2.24) is 4.90 Å². The molecular weight excluding hydrogens is 354 g/mol. The van der Waals surface area contributed by atoms with Crippen LogP contribution in [0.2, 0.25) is 0 Å². The van der Waals surface area contributed by atoms with Gasteiger partial charge in [0, 0.05) is 62.1 Å². The van der Waals surface area contributed by atoms with Gasteiger partial charge in [0.05, 0.1) is 7.11 Å². The van der Waals surface area contributed by atoms with Crippen LogP contribution in [0.5, 0.6) is 5.75 Å². The van der Waals surface area contributed by atoms with Gasteiger partial charge < -0.3 is 15.0 Å². The number of Topliss-reactive ketones (excluding diaryl/α,β-unsaturated/α-hetero) is 1. The third-order valence-corrected chi connectivity index (χ3v) is 5.02. The third kappa shape index (κ3) is 5.33. The van der Waals surface area contributed by atoms with E-state index in [4.69, 9.17) is 4.74 Å². The summed E-state index contributed by atoms with van der Waals surface area (Å²) in [5, 5.41) is 2.89. The number of benzene rings is 2. The van der Waals surface area contributed by atoms with Crippen molar-refractivity contribution in [3.63, 3.8) is 0 Å². The Bertz CT molecular complexity index is 812. The van der Waals surface area contributed by atoms with E-state index < -0.39 is 0 Å². The van der Waals surface area contributed by atoms with E-state index in [1.165, 1.54) is 12.6 Å². The van der Waals surface area contributed by atoms with Crippen molar-refractivity contribution in [3.8, 4) is 5.75 Å². The van der Waals surface area contributed by atoms with Gasteiger partial charge in [-0.2, -0.15) is 0 Å². The summed E-state index contributed by atoms with van der Waals surface area (Å²) in [6, 6.07) is 15.1. The summed E-state index contributed by atoms with van der Waals surface area (Å²) in [6.45, 7) is 5.99. The zero-order valence-corrected chi connectivity index (χ0v) is 16.5. The van der Waals surface area contributed by atoms with Crippen LogP contribution in [0.1, 0.15) is 23.7 Å². The second-order valence-electron chi connectivity index (χ2n) is 6.96. The van der Waals surface area contributed by atoms with E-state index >= 15 is 0 Å². The number of methoxy groups -OCH3 is 1. The van der Waals surface area contributed by atoms with E-state index in [0.29, 0.717) is 12.0 Å². The van der Waals surface area contributed by atoms with Crippen LogP contribution in [-0.2, 0) is 4.79 Å². The molecule has 1 amide bonds. The molecule has 2 aromatic carbocycles. The Morgan fingerprint density at radius 1 is 1.04 bits per heavy atom. The number of rotatable bonds is 7. The molecule has 0 aromatic heterocycles. The highest BCUT2D eigenvalue weighted by atomic mass is 16.5. The summed E-state index contributed by atoms with van der Waals surface area (Å²) in [6.07, 6.45) is 0.452. The summed E-state index contributed by atoms with van der Waals surface area (Å²) in [4.78, 5) is 28.2. The highest BCUT2D eigenvalue weighted by Gasteiger charge is 2.18. The number of ether oxygens (including phenoxy) is 1. The van der Waals surface area contributed by atoms with Gasteiger partial charge in [-0.3, -0.25) is 14.5 Å². The molecule has 6 nitrogen and oxygen atoms in total. The second-order valence-corrected chi connectivity index (χ2v) is 6.96. The lowest BCUT2D eigenvalue weighted by Gasteiger charge is -2.36. The molecule has 3 rings (SSSR count). The lowest BCUT2D eigenvalue weighted by Crippen LogP contribution is -2.47. The van der Waals surface area contributed by atoms with E-state index in [2.05, 4.69) is 27.2 Å². The minimum atomic E-state index is -0.00852. The first-order valence-corrected chi connectivity index (χ1v) is 9.57. The van der Waals surface area contributed by atoms with E-state index in [1.54, 1.807) is 31.4 Å². The molecule has 0 radical (unpaired) electrons. The smallest absolute Gasteiger partial charge is 0.225 e. The number of hydrogen-bond acceptors (Lipinski definition) is 5. The molecule has 1 heterocycles. The summed E-state index contributed by atoms with van der Waals surface area (Å²) >= 11 is 0. The van der Waals surface area contributed by atoms with Gasteiger partial charge in [-0.05, 0) is 43.3 Å². The molecule has 0 aliphatic carbocycles.